The van der Waals surface area contributed by atoms with E-state index in [1.807, 2.05) is 67.6 Å². The Morgan fingerprint density at radius 1 is 0.900 bits per heavy atom. The first-order valence-electron chi connectivity index (χ1n) is 13.3. The minimum absolute atomic E-state index is 0.00750. The topological polar surface area (TPSA) is 69.7 Å². The van der Waals surface area contributed by atoms with E-state index in [9.17, 15) is 14.4 Å². The molecule has 1 heterocycles. The molecule has 0 aromatic heterocycles. The number of hydrogen-bond acceptors (Lipinski definition) is 3. The molecule has 0 fully saturated rings. The molecule has 6 nitrogen and oxygen atoms in total. The largest absolute Gasteiger partial charge is 0.354 e. The summed E-state index contributed by atoms with van der Waals surface area (Å²) in [7, 11) is 0. The summed E-state index contributed by atoms with van der Waals surface area (Å²) in [5.74, 6) is -0.909. The van der Waals surface area contributed by atoms with Crippen molar-refractivity contribution in [1.82, 2.24) is 10.2 Å². The number of carbonyl (C=O) groups excluding carboxylic acids is 3. The summed E-state index contributed by atoms with van der Waals surface area (Å²) in [5.41, 5.74) is 2.68. The van der Waals surface area contributed by atoms with E-state index in [1.54, 1.807) is 24.3 Å². The quantitative estimate of drug-likeness (QED) is 0.243. The summed E-state index contributed by atoms with van der Waals surface area (Å²) in [6.45, 7) is 2.21. The van der Waals surface area contributed by atoms with Gasteiger partial charge in [-0.1, -0.05) is 90.8 Å². The molecule has 0 aliphatic carbocycles. The average molecular weight is 575 g/mol. The molecule has 40 heavy (non-hydrogen) atoms. The standard InChI is InChI=1S/C32H29Cl2N3O3/c1-2-17-35-31(39)28(18-21-9-4-3-5-10-21)36(19-24-25(33)14-8-15-26(24)34)29(38)20-37-27-16-7-12-22-11-6-13-23(30(22)27)32(37)40/h3-16,28H,2,17-20H2,1H3,(H,35,39)/t28-/m1/s1. The van der Waals surface area contributed by atoms with Gasteiger partial charge in [-0.3, -0.25) is 19.3 Å². The van der Waals surface area contributed by atoms with Gasteiger partial charge in [-0.2, -0.15) is 0 Å². The number of anilines is 1. The summed E-state index contributed by atoms with van der Waals surface area (Å²) in [4.78, 5) is 44.3. The molecule has 0 saturated heterocycles. The number of benzene rings is 4. The molecule has 1 N–H and O–H groups in total. The minimum atomic E-state index is -0.857. The Kier molecular flexibility index (Phi) is 8.38. The van der Waals surface area contributed by atoms with Gasteiger partial charge < -0.3 is 10.2 Å². The van der Waals surface area contributed by atoms with Crippen LogP contribution in [0.1, 0.15) is 34.8 Å². The van der Waals surface area contributed by atoms with Crippen LogP contribution in [0.3, 0.4) is 0 Å². The maximum atomic E-state index is 14.2. The molecule has 5 rings (SSSR count). The van der Waals surface area contributed by atoms with E-state index in [0.717, 1.165) is 22.8 Å². The molecule has 3 amide bonds. The Hall–Kier alpha value is -3.87. The van der Waals surface area contributed by atoms with Crippen LogP contribution in [0.2, 0.25) is 10.0 Å². The van der Waals surface area contributed by atoms with Crippen molar-refractivity contribution in [1.29, 1.82) is 0 Å². The van der Waals surface area contributed by atoms with Gasteiger partial charge in [0.05, 0.1) is 5.69 Å². The third-order valence-corrected chi connectivity index (χ3v) is 7.86. The molecule has 0 radical (unpaired) electrons. The van der Waals surface area contributed by atoms with E-state index >= 15 is 0 Å². The van der Waals surface area contributed by atoms with Crippen LogP contribution in [0.5, 0.6) is 0 Å². The van der Waals surface area contributed by atoms with E-state index in [0.29, 0.717) is 33.4 Å². The van der Waals surface area contributed by atoms with Crippen molar-refractivity contribution in [3.8, 4) is 0 Å². The molecular formula is C32H29Cl2N3O3. The molecule has 1 aliphatic rings. The molecule has 4 aromatic carbocycles. The lowest BCUT2D eigenvalue weighted by Gasteiger charge is -2.33. The van der Waals surface area contributed by atoms with Gasteiger partial charge in [0.25, 0.3) is 5.91 Å². The molecule has 1 aliphatic heterocycles. The first-order chi connectivity index (χ1) is 19.4. The zero-order valence-electron chi connectivity index (χ0n) is 22.1. The summed E-state index contributed by atoms with van der Waals surface area (Å²) in [6.07, 6.45) is 1.03. The monoisotopic (exact) mass is 573 g/mol. The van der Waals surface area contributed by atoms with Crippen LogP contribution in [0.25, 0.3) is 10.8 Å². The van der Waals surface area contributed by atoms with Gasteiger partial charge in [0.2, 0.25) is 11.8 Å². The Morgan fingerprint density at radius 2 is 1.57 bits per heavy atom. The van der Waals surface area contributed by atoms with Gasteiger partial charge >= 0.3 is 0 Å². The highest BCUT2D eigenvalue weighted by molar-refractivity contribution is 6.36. The number of nitrogens with zero attached hydrogens (tertiary/aromatic N) is 2. The molecule has 4 aromatic rings. The Morgan fingerprint density at radius 3 is 2.27 bits per heavy atom. The maximum absolute atomic E-state index is 14.2. The predicted molar refractivity (Wildman–Crippen MR) is 160 cm³/mol. The SMILES string of the molecule is CCCNC(=O)[C@@H](Cc1ccccc1)N(Cc1c(Cl)cccc1Cl)C(=O)CN1C(=O)c2cccc3cccc1c23. The average Bonchev–Trinajstić information content (AvgIpc) is 3.23. The smallest absolute Gasteiger partial charge is 0.259 e. The van der Waals surface area contributed by atoms with Gasteiger partial charge in [0.15, 0.2) is 0 Å². The fraction of sp³-hybridized carbons (Fsp3) is 0.219. The van der Waals surface area contributed by atoms with Crippen LogP contribution >= 0.6 is 23.2 Å². The van der Waals surface area contributed by atoms with Crippen molar-refractivity contribution >= 4 is 57.4 Å². The van der Waals surface area contributed by atoms with Gasteiger partial charge in [-0.25, -0.2) is 0 Å². The summed E-state index contributed by atoms with van der Waals surface area (Å²) < 4.78 is 0. The van der Waals surface area contributed by atoms with Gasteiger partial charge in [-0.15, -0.1) is 0 Å². The third kappa shape index (κ3) is 5.55. The molecule has 8 heteroatoms. The normalized spacial score (nSPS) is 13.0. The second kappa shape index (κ2) is 12.1. The molecule has 0 bridgehead atoms. The lowest BCUT2D eigenvalue weighted by atomic mass is 10.0. The highest BCUT2D eigenvalue weighted by Crippen LogP contribution is 2.37. The fourth-order valence-corrected chi connectivity index (χ4v) is 5.65. The van der Waals surface area contributed by atoms with E-state index in [2.05, 4.69) is 5.32 Å². The van der Waals surface area contributed by atoms with Crippen LogP contribution in [0.4, 0.5) is 5.69 Å². The lowest BCUT2D eigenvalue weighted by molar-refractivity contribution is -0.140. The molecule has 1 atom stereocenters. The van der Waals surface area contributed by atoms with Crippen molar-refractivity contribution in [2.45, 2.75) is 32.4 Å². The second-order valence-electron chi connectivity index (χ2n) is 9.79. The van der Waals surface area contributed by atoms with Crippen molar-refractivity contribution in [3.63, 3.8) is 0 Å². The van der Waals surface area contributed by atoms with Gasteiger partial charge in [-0.05, 0) is 41.6 Å². The summed E-state index contributed by atoms with van der Waals surface area (Å²) in [6, 6.07) is 25.0. The first kappa shape index (κ1) is 27.7. The van der Waals surface area contributed by atoms with Crippen LogP contribution < -0.4 is 10.2 Å². The summed E-state index contributed by atoms with van der Waals surface area (Å²) >= 11 is 13.1. The number of carbonyl (C=O) groups is 3. The van der Waals surface area contributed by atoms with Crippen molar-refractivity contribution in [3.05, 3.63) is 112 Å². The van der Waals surface area contributed by atoms with Crippen LogP contribution in [0.15, 0.2) is 84.9 Å². The number of rotatable bonds is 10. The number of amides is 3. The molecule has 204 valence electrons. The van der Waals surface area contributed by atoms with E-state index in [1.165, 1.54) is 9.80 Å². The Balaban J connectivity index is 1.53. The molecular weight excluding hydrogens is 545 g/mol. The molecule has 0 unspecified atom stereocenters. The summed E-state index contributed by atoms with van der Waals surface area (Å²) in [5, 5.41) is 5.50. The fourth-order valence-electron chi connectivity index (χ4n) is 5.14. The minimum Gasteiger partial charge on any atom is -0.354 e. The van der Waals surface area contributed by atoms with Crippen LogP contribution in [0, 0.1) is 0 Å². The maximum Gasteiger partial charge on any atom is 0.259 e. The van der Waals surface area contributed by atoms with Gasteiger partial charge in [0, 0.05) is 46.1 Å². The highest BCUT2D eigenvalue weighted by atomic mass is 35.5. The molecule has 0 saturated carbocycles. The first-order valence-corrected chi connectivity index (χ1v) is 14.0. The number of hydrogen-bond donors (Lipinski definition) is 1. The van der Waals surface area contributed by atoms with Crippen LogP contribution in [-0.4, -0.2) is 41.8 Å². The lowest BCUT2D eigenvalue weighted by Crippen LogP contribution is -2.53. The van der Waals surface area contributed by atoms with Crippen molar-refractivity contribution < 1.29 is 14.4 Å². The Labute approximate surface area is 243 Å². The number of halogens is 2. The van der Waals surface area contributed by atoms with E-state index in [-0.39, 0.29) is 37.2 Å². The van der Waals surface area contributed by atoms with Gasteiger partial charge in [0.1, 0.15) is 12.6 Å². The number of nitrogens with one attached hydrogen (secondary N) is 1. The van der Waals surface area contributed by atoms with Crippen LogP contribution in [-0.2, 0) is 22.6 Å². The Bertz CT molecular complexity index is 1550. The predicted octanol–water partition coefficient (Wildman–Crippen LogP) is 6.27. The van der Waals surface area contributed by atoms with Crippen molar-refractivity contribution in [2.75, 3.05) is 18.0 Å². The zero-order valence-corrected chi connectivity index (χ0v) is 23.6. The van der Waals surface area contributed by atoms with Crippen molar-refractivity contribution in [2.24, 2.45) is 0 Å². The highest BCUT2D eigenvalue weighted by Gasteiger charge is 2.36. The van der Waals surface area contributed by atoms with E-state index in [4.69, 9.17) is 23.2 Å². The third-order valence-electron chi connectivity index (χ3n) is 7.15. The molecule has 0 spiro atoms. The second-order valence-corrected chi connectivity index (χ2v) is 10.6. The zero-order chi connectivity index (χ0) is 28.2. The van der Waals surface area contributed by atoms with E-state index < -0.39 is 6.04 Å².